The van der Waals surface area contributed by atoms with Crippen molar-refractivity contribution >= 4 is 11.7 Å². The summed E-state index contributed by atoms with van der Waals surface area (Å²) < 4.78 is 12.3. The number of nitrogens with two attached hydrogens (primary N) is 1. The minimum Gasteiger partial charge on any atom is -0.493 e. The third-order valence-electron chi connectivity index (χ3n) is 3.43. The molecule has 0 fully saturated rings. The maximum atomic E-state index is 11.8. The molecule has 0 bridgehead atoms. The Balaban J connectivity index is 2.22. The Labute approximate surface area is 135 Å². The largest absolute Gasteiger partial charge is 0.493 e. The number of anilines is 1. The number of methoxy groups -OCH3 is 2. The van der Waals surface area contributed by atoms with Gasteiger partial charge in [0.25, 0.3) is 0 Å². The zero-order chi connectivity index (χ0) is 16.8. The molecule has 0 saturated heterocycles. The van der Waals surface area contributed by atoms with E-state index in [1.54, 1.807) is 25.1 Å². The summed E-state index contributed by atoms with van der Waals surface area (Å²) in [7, 11) is 3.19. The van der Waals surface area contributed by atoms with E-state index in [9.17, 15) is 4.79 Å². The standard InChI is InChI=1S/C16H22N4O3/c1-11-9-18-20(16(11)19-15(21)6-7-17)10-12-4-5-13(22-2)14(8-12)23-3/h4-5,8-9H,6-7,10,17H2,1-3H3,(H,19,21). The molecule has 124 valence electrons. The zero-order valence-electron chi connectivity index (χ0n) is 13.6. The zero-order valence-corrected chi connectivity index (χ0v) is 13.6. The van der Waals surface area contributed by atoms with Crippen molar-refractivity contribution in [3.63, 3.8) is 0 Å². The molecule has 0 atom stereocenters. The lowest BCUT2D eigenvalue weighted by Crippen LogP contribution is -2.19. The second kappa shape index (κ2) is 7.64. The summed E-state index contributed by atoms with van der Waals surface area (Å²) in [6.07, 6.45) is 2.00. The van der Waals surface area contributed by atoms with Gasteiger partial charge in [-0.05, 0) is 24.6 Å². The predicted octanol–water partition coefficient (Wildman–Crippen LogP) is 1.54. The van der Waals surface area contributed by atoms with Crippen molar-refractivity contribution in [3.05, 3.63) is 35.5 Å². The van der Waals surface area contributed by atoms with Crippen LogP contribution in [0, 0.1) is 6.92 Å². The van der Waals surface area contributed by atoms with Crippen molar-refractivity contribution in [2.24, 2.45) is 5.73 Å². The number of carbonyl (C=O) groups excluding carboxylic acids is 1. The van der Waals surface area contributed by atoms with Crippen LogP contribution in [0.3, 0.4) is 0 Å². The van der Waals surface area contributed by atoms with E-state index in [0.29, 0.717) is 30.4 Å². The molecule has 1 aromatic carbocycles. The van der Waals surface area contributed by atoms with E-state index >= 15 is 0 Å². The number of ether oxygens (including phenoxy) is 2. The van der Waals surface area contributed by atoms with Gasteiger partial charge in [-0.3, -0.25) is 4.79 Å². The maximum Gasteiger partial charge on any atom is 0.226 e. The number of rotatable bonds is 7. The molecule has 0 unspecified atom stereocenters. The lowest BCUT2D eigenvalue weighted by atomic mass is 10.2. The van der Waals surface area contributed by atoms with Crippen LogP contribution in [0.25, 0.3) is 0 Å². The second-order valence-electron chi connectivity index (χ2n) is 5.11. The number of hydrogen-bond donors (Lipinski definition) is 2. The normalized spacial score (nSPS) is 10.4. The second-order valence-corrected chi connectivity index (χ2v) is 5.11. The number of hydrogen-bond acceptors (Lipinski definition) is 5. The number of amides is 1. The van der Waals surface area contributed by atoms with E-state index in [1.807, 2.05) is 25.1 Å². The third-order valence-corrected chi connectivity index (χ3v) is 3.43. The van der Waals surface area contributed by atoms with E-state index < -0.39 is 0 Å². The van der Waals surface area contributed by atoms with Crippen LogP contribution in [-0.2, 0) is 11.3 Å². The van der Waals surface area contributed by atoms with Crippen molar-refractivity contribution in [1.82, 2.24) is 9.78 Å². The predicted molar refractivity (Wildman–Crippen MR) is 87.9 cm³/mol. The fourth-order valence-electron chi connectivity index (χ4n) is 2.24. The van der Waals surface area contributed by atoms with Gasteiger partial charge in [-0.15, -0.1) is 0 Å². The molecule has 0 aliphatic rings. The molecular weight excluding hydrogens is 296 g/mol. The van der Waals surface area contributed by atoms with Gasteiger partial charge in [0.05, 0.1) is 27.0 Å². The Bertz CT molecular complexity index is 682. The van der Waals surface area contributed by atoms with Crippen molar-refractivity contribution < 1.29 is 14.3 Å². The Morgan fingerprint density at radius 2 is 2.04 bits per heavy atom. The molecule has 3 N–H and O–H groups in total. The lowest BCUT2D eigenvalue weighted by Gasteiger charge is -2.12. The fraction of sp³-hybridized carbons (Fsp3) is 0.375. The number of nitrogens with one attached hydrogen (secondary N) is 1. The average Bonchev–Trinajstić information content (AvgIpc) is 2.88. The van der Waals surface area contributed by atoms with Gasteiger partial charge in [-0.2, -0.15) is 5.10 Å². The van der Waals surface area contributed by atoms with E-state index in [4.69, 9.17) is 15.2 Å². The van der Waals surface area contributed by atoms with Crippen LogP contribution in [0.2, 0.25) is 0 Å². The number of aryl methyl sites for hydroxylation is 1. The van der Waals surface area contributed by atoms with E-state index in [1.165, 1.54) is 0 Å². The Morgan fingerprint density at radius 3 is 2.70 bits per heavy atom. The topological polar surface area (TPSA) is 91.4 Å². The first-order valence-electron chi connectivity index (χ1n) is 7.32. The number of aromatic nitrogens is 2. The highest BCUT2D eigenvalue weighted by Crippen LogP contribution is 2.28. The fourth-order valence-corrected chi connectivity index (χ4v) is 2.24. The highest BCUT2D eigenvalue weighted by atomic mass is 16.5. The highest BCUT2D eigenvalue weighted by molar-refractivity contribution is 5.90. The van der Waals surface area contributed by atoms with Crippen LogP contribution in [0.4, 0.5) is 5.82 Å². The van der Waals surface area contributed by atoms with Crippen molar-refractivity contribution in [2.45, 2.75) is 19.9 Å². The molecule has 23 heavy (non-hydrogen) atoms. The monoisotopic (exact) mass is 318 g/mol. The van der Waals surface area contributed by atoms with Gasteiger partial charge in [0.2, 0.25) is 5.91 Å². The molecule has 7 heteroatoms. The summed E-state index contributed by atoms with van der Waals surface area (Å²) in [5, 5.41) is 7.18. The third kappa shape index (κ3) is 4.01. The Hall–Kier alpha value is -2.54. The molecule has 1 heterocycles. The minimum absolute atomic E-state index is 0.121. The van der Waals surface area contributed by atoms with Gasteiger partial charge in [0, 0.05) is 18.5 Å². The molecule has 7 nitrogen and oxygen atoms in total. The molecule has 1 amide bonds. The molecule has 0 aliphatic carbocycles. The van der Waals surface area contributed by atoms with E-state index in [0.717, 1.165) is 11.1 Å². The van der Waals surface area contributed by atoms with Gasteiger partial charge in [-0.25, -0.2) is 4.68 Å². The van der Waals surface area contributed by atoms with Crippen LogP contribution in [-0.4, -0.2) is 36.5 Å². The summed E-state index contributed by atoms with van der Waals surface area (Å²) in [6, 6.07) is 5.67. The molecule has 0 saturated carbocycles. The van der Waals surface area contributed by atoms with Crippen molar-refractivity contribution in [3.8, 4) is 11.5 Å². The molecule has 2 rings (SSSR count). The summed E-state index contributed by atoms with van der Waals surface area (Å²) in [5.41, 5.74) is 7.29. The molecule has 0 aliphatic heterocycles. The summed E-state index contributed by atoms with van der Waals surface area (Å²) >= 11 is 0. The molecule has 0 radical (unpaired) electrons. The van der Waals surface area contributed by atoms with Crippen molar-refractivity contribution in [1.29, 1.82) is 0 Å². The van der Waals surface area contributed by atoms with Gasteiger partial charge in [0.1, 0.15) is 5.82 Å². The summed E-state index contributed by atoms with van der Waals surface area (Å²) in [4.78, 5) is 11.8. The maximum absolute atomic E-state index is 11.8. The Morgan fingerprint density at radius 1 is 1.30 bits per heavy atom. The van der Waals surface area contributed by atoms with E-state index in [2.05, 4.69) is 10.4 Å². The smallest absolute Gasteiger partial charge is 0.226 e. The van der Waals surface area contributed by atoms with Crippen LogP contribution >= 0.6 is 0 Å². The SMILES string of the molecule is COc1ccc(Cn2ncc(C)c2NC(=O)CCN)cc1OC. The van der Waals surface area contributed by atoms with E-state index in [-0.39, 0.29) is 12.3 Å². The van der Waals surface area contributed by atoms with Gasteiger partial charge >= 0.3 is 0 Å². The summed E-state index contributed by atoms with van der Waals surface area (Å²) in [5.74, 6) is 1.88. The molecule has 0 spiro atoms. The van der Waals surface area contributed by atoms with Crippen LogP contribution < -0.4 is 20.5 Å². The lowest BCUT2D eigenvalue weighted by molar-refractivity contribution is -0.116. The molecule has 1 aromatic heterocycles. The van der Waals surface area contributed by atoms with Gasteiger partial charge in [-0.1, -0.05) is 6.07 Å². The highest BCUT2D eigenvalue weighted by Gasteiger charge is 2.12. The number of carbonyl (C=O) groups is 1. The van der Waals surface area contributed by atoms with Gasteiger partial charge in [0.15, 0.2) is 11.5 Å². The first kappa shape index (κ1) is 16.8. The van der Waals surface area contributed by atoms with Crippen LogP contribution in [0.5, 0.6) is 11.5 Å². The molecular formula is C16H22N4O3. The average molecular weight is 318 g/mol. The molecule has 2 aromatic rings. The van der Waals surface area contributed by atoms with Crippen molar-refractivity contribution in [2.75, 3.05) is 26.1 Å². The number of benzene rings is 1. The first-order valence-corrected chi connectivity index (χ1v) is 7.32. The quantitative estimate of drug-likeness (QED) is 0.808. The van der Waals surface area contributed by atoms with Crippen LogP contribution in [0.1, 0.15) is 17.5 Å². The number of nitrogens with zero attached hydrogens (tertiary/aromatic N) is 2. The Kier molecular flexibility index (Phi) is 5.59. The van der Waals surface area contributed by atoms with Crippen LogP contribution in [0.15, 0.2) is 24.4 Å². The summed E-state index contributed by atoms with van der Waals surface area (Å²) in [6.45, 7) is 2.72. The van der Waals surface area contributed by atoms with Gasteiger partial charge < -0.3 is 20.5 Å². The minimum atomic E-state index is -0.121. The first-order chi connectivity index (χ1) is 11.1.